The number of hydrogen-bond acceptors (Lipinski definition) is 4. The number of alkyl halides is 2. The zero-order valence-electron chi connectivity index (χ0n) is 11.3. The second kappa shape index (κ2) is 6.05. The van der Waals surface area contributed by atoms with E-state index in [1.54, 1.807) is 6.92 Å². The van der Waals surface area contributed by atoms with Crippen molar-refractivity contribution in [2.45, 2.75) is 24.9 Å². The molecule has 21 heavy (non-hydrogen) atoms. The minimum Gasteiger partial charge on any atom is -0.481 e. The van der Waals surface area contributed by atoms with Crippen LogP contribution < -0.4 is 0 Å². The van der Waals surface area contributed by atoms with E-state index in [9.17, 15) is 18.4 Å². The molecule has 1 fully saturated rings. The molecular weight excluding hydrogens is 304 g/mol. The fraction of sp³-hybridized carbons (Fsp3) is 0.538. The van der Waals surface area contributed by atoms with Crippen LogP contribution >= 0.6 is 11.8 Å². The van der Waals surface area contributed by atoms with E-state index < -0.39 is 23.0 Å². The van der Waals surface area contributed by atoms with Crippen LogP contribution in [0.25, 0.3) is 0 Å². The molecule has 1 saturated heterocycles. The average molecular weight is 319 g/mol. The molecule has 1 aromatic rings. The standard InChI is InChI=1S/C13H15F2NO4S/c1-13(11(18)19)4-5-16(7-13)10(17)9-3-2-8(20-9)6-21-12(14)15/h2-3,12H,4-7H2,1H3,(H,18,19). The first-order valence-electron chi connectivity index (χ1n) is 6.33. The number of carbonyl (C=O) groups excluding carboxylic acids is 1. The maximum Gasteiger partial charge on any atom is 0.311 e. The van der Waals surface area contributed by atoms with Crippen molar-refractivity contribution in [2.75, 3.05) is 13.1 Å². The van der Waals surface area contributed by atoms with E-state index in [2.05, 4.69) is 0 Å². The number of nitrogens with zero attached hydrogens (tertiary/aromatic N) is 1. The molecule has 1 unspecified atom stereocenters. The van der Waals surface area contributed by atoms with Gasteiger partial charge in [0.25, 0.3) is 11.7 Å². The van der Waals surface area contributed by atoms with E-state index in [-0.39, 0.29) is 18.1 Å². The molecule has 1 aliphatic rings. The smallest absolute Gasteiger partial charge is 0.311 e. The van der Waals surface area contributed by atoms with Gasteiger partial charge in [-0.15, -0.1) is 0 Å². The molecule has 1 N–H and O–H groups in total. The van der Waals surface area contributed by atoms with Crippen LogP contribution in [-0.4, -0.2) is 40.7 Å². The van der Waals surface area contributed by atoms with Gasteiger partial charge in [0.1, 0.15) is 5.76 Å². The van der Waals surface area contributed by atoms with Crippen molar-refractivity contribution in [1.82, 2.24) is 4.90 Å². The highest BCUT2D eigenvalue weighted by atomic mass is 32.2. The Hall–Kier alpha value is -1.57. The molecular formula is C13H15F2NO4S. The summed E-state index contributed by atoms with van der Waals surface area (Å²) in [4.78, 5) is 24.8. The van der Waals surface area contributed by atoms with E-state index in [1.807, 2.05) is 0 Å². The quantitative estimate of drug-likeness (QED) is 0.903. The van der Waals surface area contributed by atoms with Gasteiger partial charge in [-0.1, -0.05) is 11.8 Å². The number of thioether (sulfide) groups is 1. The van der Waals surface area contributed by atoms with Crippen LogP contribution in [0.3, 0.4) is 0 Å². The van der Waals surface area contributed by atoms with Gasteiger partial charge in [0.2, 0.25) is 0 Å². The SMILES string of the molecule is CC1(C(=O)O)CCN(C(=O)c2ccc(CSC(F)F)o2)C1. The van der Waals surface area contributed by atoms with Gasteiger partial charge < -0.3 is 14.4 Å². The zero-order valence-corrected chi connectivity index (χ0v) is 12.2. The molecule has 0 spiro atoms. The Morgan fingerprint density at radius 3 is 2.81 bits per heavy atom. The molecule has 116 valence electrons. The largest absolute Gasteiger partial charge is 0.481 e. The highest BCUT2D eigenvalue weighted by Crippen LogP contribution is 2.31. The lowest BCUT2D eigenvalue weighted by atomic mass is 9.90. The van der Waals surface area contributed by atoms with Crippen molar-refractivity contribution in [3.63, 3.8) is 0 Å². The minimum absolute atomic E-state index is 0.0161. The van der Waals surface area contributed by atoms with E-state index >= 15 is 0 Å². The van der Waals surface area contributed by atoms with Crippen LogP contribution in [0, 0.1) is 5.41 Å². The van der Waals surface area contributed by atoms with Crippen LogP contribution in [0.4, 0.5) is 8.78 Å². The number of aliphatic carboxylic acids is 1. The summed E-state index contributed by atoms with van der Waals surface area (Å²) in [5, 5.41) is 9.13. The number of carboxylic acids is 1. The lowest BCUT2D eigenvalue weighted by Crippen LogP contribution is -2.34. The van der Waals surface area contributed by atoms with Crippen LogP contribution in [0.5, 0.6) is 0 Å². The summed E-state index contributed by atoms with van der Waals surface area (Å²) in [7, 11) is 0. The summed E-state index contributed by atoms with van der Waals surface area (Å²) in [6, 6.07) is 2.91. The molecule has 1 aromatic heterocycles. The van der Waals surface area contributed by atoms with Crippen LogP contribution in [0.15, 0.2) is 16.5 Å². The number of amides is 1. The fourth-order valence-corrected chi connectivity index (χ4v) is 2.63. The molecule has 0 radical (unpaired) electrons. The van der Waals surface area contributed by atoms with Gasteiger partial charge in [-0.2, -0.15) is 8.78 Å². The Kier molecular flexibility index (Phi) is 4.55. The monoisotopic (exact) mass is 319 g/mol. The Balaban J connectivity index is 2.00. The zero-order chi connectivity index (χ0) is 15.6. The number of rotatable bonds is 5. The van der Waals surface area contributed by atoms with Crippen molar-refractivity contribution in [3.05, 3.63) is 23.7 Å². The molecule has 0 aliphatic carbocycles. The third kappa shape index (κ3) is 3.55. The van der Waals surface area contributed by atoms with Gasteiger partial charge in [0, 0.05) is 13.1 Å². The molecule has 2 heterocycles. The summed E-state index contributed by atoms with van der Waals surface area (Å²) in [6.07, 6.45) is 0.378. The van der Waals surface area contributed by atoms with Crippen molar-refractivity contribution in [1.29, 1.82) is 0 Å². The maximum atomic E-state index is 12.2. The molecule has 1 aliphatic heterocycles. The predicted octanol–water partition coefficient (Wildman–Crippen LogP) is 2.67. The van der Waals surface area contributed by atoms with Crippen molar-refractivity contribution in [2.24, 2.45) is 5.41 Å². The molecule has 8 heteroatoms. The van der Waals surface area contributed by atoms with Crippen LogP contribution in [0.1, 0.15) is 29.7 Å². The molecule has 0 aromatic carbocycles. The lowest BCUT2D eigenvalue weighted by molar-refractivity contribution is -0.147. The third-order valence-electron chi connectivity index (χ3n) is 3.50. The predicted molar refractivity (Wildman–Crippen MR) is 72.3 cm³/mol. The van der Waals surface area contributed by atoms with Gasteiger partial charge >= 0.3 is 5.97 Å². The van der Waals surface area contributed by atoms with Gasteiger partial charge in [-0.05, 0) is 25.5 Å². The average Bonchev–Trinajstić information content (AvgIpc) is 3.03. The second-order valence-electron chi connectivity index (χ2n) is 5.18. The Morgan fingerprint density at radius 2 is 2.24 bits per heavy atom. The topological polar surface area (TPSA) is 70.8 Å². The third-order valence-corrected chi connectivity index (χ3v) is 4.20. The fourth-order valence-electron chi connectivity index (χ4n) is 2.18. The molecule has 1 amide bonds. The van der Waals surface area contributed by atoms with E-state index in [4.69, 9.17) is 9.52 Å². The van der Waals surface area contributed by atoms with Crippen molar-refractivity contribution >= 4 is 23.6 Å². The molecule has 1 atom stereocenters. The highest BCUT2D eigenvalue weighted by Gasteiger charge is 2.42. The first kappa shape index (κ1) is 15.8. The maximum absolute atomic E-state index is 12.2. The van der Waals surface area contributed by atoms with Crippen molar-refractivity contribution < 1.29 is 27.9 Å². The number of halogens is 2. The Labute approximate surface area is 124 Å². The number of furan rings is 1. The minimum atomic E-state index is -2.50. The van der Waals surface area contributed by atoms with E-state index in [0.717, 1.165) is 0 Å². The Morgan fingerprint density at radius 1 is 1.52 bits per heavy atom. The second-order valence-corrected chi connectivity index (χ2v) is 6.16. The van der Waals surface area contributed by atoms with Crippen molar-refractivity contribution in [3.8, 4) is 0 Å². The number of likely N-dealkylation sites (tertiary alicyclic amines) is 1. The summed E-state index contributed by atoms with van der Waals surface area (Å²) < 4.78 is 29.4. The van der Waals surface area contributed by atoms with Gasteiger partial charge in [0.05, 0.1) is 11.2 Å². The van der Waals surface area contributed by atoms with Gasteiger partial charge in [-0.3, -0.25) is 9.59 Å². The van der Waals surface area contributed by atoms with E-state index in [1.165, 1.54) is 17.0 Å². The Bertz CT molecular complexity index is 548. The number of carboxylic acid groups (broad SMARTS) is 1. The summed E-state index contributed by atoms with van der Waals surface area (Å²) in [6.45, 7) is 2.04. The number of hydrogen-bond donors (Lipinski definition) is 1. The molecule has 0 saturated carbocycles. The first-order chi connectivity index (χ1) is 9.82. The molecule has 5 nitrogen and oxygen atoms in total. The number of carbonyl (C=O) groups is 2. The summed E-state index contributed by atoms with van der Waals surface area (Å²) >= 11 is 0.416. The highest BCUT2D eigenvalue weighted by molar-refractivity contribution is 7.98. The van der Waals surface area contributed by atoms with Gasteiger partial charge in [0.15, 0.2) is 5.76 Å². The summed E-state index contributed by atoms with van der Waals surface area (Å²) in [5.74, 6) is -3.51. The van der Waals surface area contributed by atoms with Crippen LogP contribution in [-0.2, 0) is 10.5 Å². The summed E-state index contributed by atoms with van der Waals surface area (Å²) in [5.41, 5.74) is -0.948. The molecule has 2 rings (SSSR count). The van der Waals surface area contributed by atoms with E-state index in [0.29, 0.717) is 30.5 Å². The first-order valence-corrected chi connectivity index (χ1v) is 7.38. The molecule has 0 bridgehead atoms. The van der Waals surface area contributed by atoms with Crippen LogP contribution in [0.2, 0.25) is 0 Å². The van der Waals surface area contributed by atoms with Gasteiger partial charge in [-0.25, -0.2) is 0 Å². The normalized spacial score (nSPS) is 22.0. The lowest BCUT2D eigenvalue weighted by Gasteiger charge is -2.19.